The van der Waals surface area contributed by atoms with Crippen LogP contribution in [0.25, 0.3) is 6.08 Å². The number of anilines is 1. The predicted molar refractivity (Wildman–Crippen MR) is 127 cm³/mol. The summed E-state index contributed by atoms with van der Waals surface area (Å²) in [5.74, 6) is 1.61. The summed E-state index contributed by atoms with van der Waals surface area (Å²) in [6.45, 7) is 0. The molecule has 0 aliphatic heterocycles. The van der Waals surface area contributed by atoms with Crippen molar-refractivity contribution >= 4 is 23.6 Å². The van der Waals surface area contributed by atoms with Crippen LogP contribution in [0.3, 0.4) is 0 Å². The lowest BCUT2D eigenvalue weighted by atomic mass is 10.1. The molecule has 3 aromatic carbocycles. The van der Waals surface area contributed by atoms with E-state index in [4.69, 9.17) is 18.9 Å². The lowest BCUT2D eigenvalue weighted by Crippen LogP contribution is -2.29. The molecule has 0 unspecified atom stereocenters. The first kappa shape index (κ1) is 23.4. The molecule has 0 aromatic heterocycles. The molecule has 0 aliphatic carbocycles. The second kappa shape index (κ2) is 10.9. The molecule has 0 heterocycles. The second-order valence-electron chi connectivity index (χ2n) is 6.94. The summed E-state index contributed by atoms with van der Waals surface area (Å²) in [5, 5.41) is 0. The highest BCUT2D eigenvalue weighted by Gasteiger charge is 2.14. The van der Waals surface area contributed by atoms with Gasteiger partial charge < -0.3 is 18.9 Å². The van der Waals surface area contributed by atoms with Gasteiger partial charge in [0.25, 0.3) is 0 Å². The largest absolute Gasteiger partial charge is 0.493 e. The van der Waals surface area contributed by atoms with Crippen LogP contribution >= 0.6 is 0 Å². The van der Waals surface area contributed by atoms with Gasteiger partial charge >= 0.3 is 6.09 Å². The van der Waals surface area contributed by atoms with E-state index in [1.54, 1.807) is 49.5 Å². The number of ether oxygens (including phenoxy) is 4. The average Bonchev–Trinajstić information content (AvgIpc) is 2.86. The van der Waals surface area contributed by atoms with Crippen molar-refractivity contribution in [3.8, 4) is 23.0 Å². The van der Waals surface area contributed by atoms with Gasteiger partial charge in [0.2, 0.25) is 5.75 Å². The molecular formula is C26H25NO6. The van der Waals surface area contributed by atoms with Crippen LogP contribution in [0.5, 0.6) is 23.0 Å². The molecule has 0 N–H and O–H groups in total. The highest BCUT2D eigenvalue weighted by atomic mass is 16.6. The van der Waals surface area contributed by atoms with Crippen LogP contribution < -0.4 is 23.8 Å². The van der Waals surface area contributed by atoms with Gasteiger partial charge in [-0.3, -0.25) is 9.69 Å². The lowest BCUT2D eigenvalue weighted by molar-refractivity contribution is 0.104. The number of benzene rings is 3. The zero-order valence-corrected chi connectivity index (χ0v) is 18.9. The van der Waals surface area contributed by atoms with Crippen LogP contribution in [0.2, 0.25) is 0 Å². The van der Waals surface area contributed by atoms with E-state index in [-0.39, 0.29) is 5.78 Å². The Hall–Kier alpha value is -4.26. The predicted octanol–water partition coefficient (Wildman–Crippen LogP) is 5.24. The zero-order chi connectivity index (χ0) is 23.8. The third-order valence-electron chi connectivity index (χ3n) is 4.88. The van der Waals surface area contributed by atoms with Gasteiger partial charge in [0, 0.05) is 18.3 Å². The fourth-order valence-corrected chi connectivity index (χ4v) is 3.08. The third kappa shape index (κ3) is 5.71. The van der Waals surface area contributed by atoms with Crippen LogP contribution in [0, 0.1) is 0 Å². The molecule has 0 saturated heterocycles. The van der Waals surface area contributed by atoms with E-state index < -0.39 is 6.09 Å². The Morgan fingerprint density at radius 3 is 1.97 bits per heavy atom. The van der Waals surface area contributed by atoms with E-state index in [1.807, 2.05) is 30.3 Å². The molecule has 0 saturated carbocycles. The summed E-state index contributed by atoms with van der Waals surface area (Å²) in [7, 11) is 6.22. The van der Waals surface area contributed by atoms with E-state index in [1.165, 1.54) is 32.3 Å². The molecule has 3 rings (SSSR count). The van der Waals surface area contributed by atoms with E-state index in [0.29, 0.717) is 39.8 Å². The monoisotopic (exact) mass is 447 g/mol. The summed E-state index contributed by atoms with van der Waals surface area (Å²) >= 11 is 0. The molecule has 0 atom stereocenters. The summed E-state index contributed by atoms with van der Waals surface area (Å²) < 4.78 is 21.4. The van der Waals surface area contributed by atoms with Crippen LogP contribution in [-0.2, 0) is 0 Å². The maximum Gasteiger partial charge on any atom is 0.419 e. The van der Waals surface area contributed by atoms with Gasteiger partial charge in [-0.15, -0.1) is 0 Å². The minimum atomic E-state index is -0.525. The Labute approximate surface area is 192 Å². The normalized spacial score (nSPS) is 10.5. The van der Waals surface area contributed by atoms with Gasteiger partial charge in [0.1, 0.15) is 5.75 Å². The molecule has 1 amide bonds. The van der Waals surface area contributed by atoms with Crippen LogP contribution in [0.4, 0.5) is 10.5 Å². The molecule has 170 valence electrons. The number of hydrogen-bond donors (Lipinski definition) is 0. The molecule has 0 spiro atoms. The van der Waals surface area contributed by atoms with Crippen molar-refractivity contribution in [2.24, 2.45) is 0 Å². The summed E-state index contributed by atoms with van der Waals surface area (Å²) in [5.41, 5.74) is 1.88. The van der Waals surface area contributed by atoms with E-state index >= 15 is 0 Å². The second-order valence-corrected chi connectivity index (χ2v) is 6.94. The quantitative estimate of drug-likeness (QED) is 0.347. The Morgan fingerprint density at radius 1 is 0.818 bits per heavy atom. The van der Waals surface area contributed by atoms with E-state index in [0.717, 1.165) is 0 Å². The van der Waals surface area contributed by atoms with Crippen LogP contribution in [0.15, 0.2) is 72.8 Å². The van der Waals surface area contributed by atoms with Crippen LogP contribution in [0.1, 0.15) is 15.9 Å². The standard InChI is InChI=1S/C26H25NO6/c1-27(20-8-6-5-7-9-20)26(29)33-21-13-11-19(12-14-21)22(28)15-10-18-16-23(30-2)25(32-4)24(17-18)31-3/h5-17H,1-4H3/b15-10+. The minimum Gasteiger partial charge on any atom is -0.493 e. The Kier molecular flexibility index (Phi) is 7.70. The molecular weight excluding hydrogens is 422 g/mol. The van der Waals surface area contributed by atoms with E-state index in [9.17, 15) is 9.59 Å². The summed E-state index contributed by atoms with van der Waals surface area (Å²) in [6, 6.07) is 19.0. The Morgan fingerprint density at radius 2 is 1.42 bits per heavy atom. The highest BCUT2D eigenvalue weighted by molar-refractivity contribution is 6.07. The van der Waals surface area contributed by atoms with Crippen molar-refractivity contribution in [3.63, 3.8) is 0 Å². The van der Waals surface area contributed by atoms with Gasteiger partial charge in [-0.1, -0.05) is 24.3 Å². The van der Waals surface area contributed by atoms with Gasteiger partial charge in [-0.2, -0.15) is 0 Å². The number of carbonyl (C=O) groups excluding carboxylic acids is 2. The number of nitrogens with zero attached hydrogens (tertiary/aromatic N) is 1. The Bertz CT molecular complexity index is 1110. The average molecular weight is 447 g/mol. The number of amides is 1. The molecule has 0 fully saturated rings. The van der Waals surface area contributed by atoms with Crippen molar-refractivity contribution < 1.29 is 28.5 Å². The SMILES string of the molecule is COc1cc(/C=C/C(=O)c2ccc(OC(=O)N(C)c3ccccc3)cc2)cc(OC)c1OC. The first-order valence-electron chi connectivity index (χ1n) is 10.1. The molecule has 0 aliphatic rings. The van der Waals surface area contributed by atoms with Gasteiger partial charge in [-0.25, -0.2) is 4.79 Å². The minimum absolute atomic E-state index is 0.206. The fourth-order valence-electron chi connectivity index (χ4n) is 3.08. The smallest absolute Gasteiger partial charge is 0.419 e. The molecule has 7 heteroatoms. The molecule has 33 heavy (non-hydrogen) atoms. The van der Waals surface area contributed by atoms with E-state index in [2.05, 4.69) is 0 Å². The van der Waals surface area contributed by atoms with Crippen molar-refractivity contribution in [1.29, 1.82) is 0 Å². The lowest BCUT2D eigenvalue weighted by Gasteiger charge is -2.16. The summed E-state index contributed by atoms with van der Waals surface area (Å²) in [6.07, 6.45) is 2.59. The Balaban J connectivity index is 1.68. The molecule has 3 aromatic rings. The van der Waals surface area contributed by atoms with Crippen molar-refractivity contribution in [1.82, 2.24) is 0 Å². The van der Waals surface area contributed by atoms with Gasteiger partial charge in [0.05, 0.1) is 21.3 Å². The molecule has 7 nitrogen and oxygen atoms in total. The third-order valence-corrected chi connectivity index (χ3v) is 4.88. The number of ketones is 1. The van der Waals surface area contributed by atoms with Crippen molar-refractivity contribution in [2.75, 3.05) is 33.3 Å². The number of methoxy groups -OCH3 is 3. The number of hydrogen-bond acceptors (Lipinski definition) is 6. The fraction of sp³-hybridized carbons (Fsp3) is 0.154. The van der Waals surface area contributed by atoms with Gasteiger partial charge in [-0.05, 0) is 60.2 Å². The molecule has 0 bridgehead atoms. The number of allylic oxidation sites excluding steroid dienone is 1. The maximum absolute atomic E-state index is 12.6. The van der Waals surface area contributed by atoms with Crippen molar-refractivity contribution in [2.45, 2.75) is 0 Å². The summed E-state index contributed by atoms with van der Waals surface area (Å²) in [4.78, 5) is 26.3. The highest BCUT2D eigenvalue weighted by Crippen LogP contribution is 2.38. The van der Waals surface area contributed by atoms with Gasteiger partial charge in [0.15, 0.2) is 17.3 Å². The first-order valence-corrected chi connectivity index (χ1v) is 10.1. The zero-order valence-electron chi connectivity index (χ0n) is 18.9. The van der Waals surface area contributed by atoms with Crippen LogP contribution in [-0.4, -0.2) is 40.3 Å². The van der Waals surface area contributed by atoms with Crippen molar-refractivity contribution in [3.05, 3.63) is 83.9 Å². The first-order chi connectivity index (χ1) is 16.0. The number of carbonyl (C=O) groups is 2. The molecule has 0 radical (unpaired) electrons. The topological polar surface area (TPSA) is 74.3 Å². The maximum atomic E-state index is 12.6. The number of para-hydroxylation sites is 1. The number of rotatable bonds is 8.